The van der Waals surface area contributed by atoms with E-state index in [1.165, 1.54) is 0 Å². The van der Waals surface area contributed by atoms with E-state index in [9.17, 15) is 14.7 Å². The van der Waals surface area contributed by atoms with Crippen LogP contribution < -0.4 is 5.32 Å². The minimum Gasteiger partial charge on any atom is -0.481 e. The molecule has 4 atom stereocenters. The van der Waals surface area contributed by atoms with E-state index in [4.69, 9.17) is 24.1 Å². The number of carboxylic acids is 1. The summed E-state index contributed by atoms with van der Waals surface area (Å²) in [6.07, 6.45) is 0.597. The van der Waals surface area contributed by atoms with Crippen LogP contribution in [0.15, 0.2) is 48.5 Å². The molecular formula is C31H40N2O8. The van der Waals surface area contributed by atoms with Crippen molar-refractivity contribution in [1.82, 2.24) is 10.2 Å². The lowest BCUT2D eigenvalue weighted by molar-refractivity contribution is -0.278. The molecule has 0 aromatic heterocycles. The molecule has 41 heavy (non-hydrogen) atoms. The first-order chi connectivity index (χ1) is 19.8. The smallest absolute Gasteiger partial charge is 0.303 e. The van der Waals surface area contributed by atoms with E-state index in [2.05, 4.69) is 17.1 Å². The highest BCUT2D eigenvalue weighted by Crippen LogP contribution is 2.42. The Kier molecular flexibility index (Phi) is 9.69. The van der Waals surface area contributed by atoms with Crippen molar-refractivity contribution < 1.29 is 38.7 Å². The molecule has 0 bridgehead atoms. The third-order valence-electron chi connectivity index (χ3n) is 8.30. The number of ether oxygens (including phenoxy) is 4. The van der Waals surface area contributed by atoms with E-state index < -0.39 is 18.0 Å². The Morgan fingerprint density at radius 1 is 0.927 bits per heavy atom. The maximum Gasteiger partial charge on any atom is 0.303 e. The third-order valence-corrected chi connectivity index (χ3v) is 8.30. The number of hydrogen-bond acceptors (Lipinski definition) is 8. The second-order valence-corrected chi connectivity index (χ2v) is 11.1. The molecule has 5 rings (SSSR count). The molecule has 0 saturated carbocycles. The van der Waals surface area contributed by atoms with Gasteiger partial charge in [0.25, 0.3) is 0 Å². The fourth-order valence-corrected chi connectivity index (χ4v) is 5.75. The summed E-state index contributed by atoms with van der Waals surface area (Å²) in [6, 6.07) is 15.6. The fraction of sp³-hybridized carbons (Fsp3) is 0.548. The highest BCUT2D eigenvalue weighted by Gasteiger charge is 2.43. The molecule has 1 amide bonds. The number of carboxylic acid groups (broad SMARTS) is 1. The number of aliphatic hydroxyl groups is 1. The van der Waals surface area contributed by atoms with E-state index in [0.717, 1.165) is 54.7 Å². The molecule has 3 N–H and O–H groups in total. The normalized spacial score (nSPS) is 26.2. The number of rotatable bonds is 10. The zero-order valence-corrected chi connectivity index (χ0v) is 23.5. The Bertz CT molecular complexity index is 1160. The zero-order chi connectivity index (χ0) is 28.8. The van der Waals surface area contributed by atoms with Crippen LogP contribution in [0.5, 0.6) is 0 Å². The molecule has 3 heterocycles. The summed E-state index contributed by atoms with van der Waals surface area (Å²) in [7, 11) is 0. The van der Waals surface area contributed by atoms with Gasteiger partial charge in [-0.05, 0) is 16.7 Å². The number of carbonyl (C=O) groups excluding carboxylic acids is 1. The summed E-state index contributed by atoms with van der Waals surface area (Å²) in [6.45, 7) is 6.31. The molecule has 2 aromatic carbocycles. The third kappa shape index (κ3) is 7.51. The van der Waals surface area contributed by atoms with Gasteiger partial charge < -0.3 is 39.4 Å². The second-order valence-electron chi connectivity index (χ2n) is 11.1. The molecule has 222 valence electrons. The molecule has 0 aliphatic carbocycles. The summed E-state index contributed by atoms with van der Waals surface area (Å²) < 4.78 is 25.0. The molecule has 10 nitrogen and oxygen atoms in total. The van der Waals surface area contributed by atoms with Gasteiger partial charge in [-0.25, -0.2) is 0 Å². The largest absolute Gasteiger partial charge is 0.481 e. The first-order valence-corrected chi connectivity index (χ1v) is 14.4. The highest BCUT2D eigenvalue weighted by atomic mass is 16.7. The van der Waals surface area contributed by atoms with E-state index in [-0.39, 0.29) is 43.5 Å². The van der Waals surface area contributed by atoms with E-state index >= 15 is 0 Å². The highest BCUT2D eigenvalue weighted by molar-refractivity contribution is 5.80. The summed E-state index contributed by atoms with van der Waals surface area (Å²) in [5.74, 6) is -1.62. The summed E-state index contributed by atoms with van der Waals surface area (Å²) in [5, 5.41) is 21.0. The van der Waals surface area contributed by atoms with Crippen LogP contribution in [0, 0.1) is 5.92 Å². The van der Waals surface area contributed by atoms with Crippen LogP contribution in [-0.2, 0) is 41.7 Å². The van der Waals surface area contributed by atoms with Crippen molar-refractivity contribution in [2.75, 3.05) is 32.8 Å². The van der Waals surface area contributed by atoms with E-state index in [1.54, 1.807) is 0 Å². The Balaban J connectivity index is 1.27. The Labute approximate surface area is 240 Å². The first-order valence-electron chi connectivity index (χ1n) is 14.4. The van der Waals surface area contributed by atoms with Crippen LogP contribution in [-0.4, -0.2) is 71.7 Å². The predicted molar refractivity (Wildman–Crippen MR) is 148 cm³/mol. The van der Waals surface area contributed by atoms with Crippen LogP contribution in [0.2, 0.25) is 0 Å². The van der Waals surface area contributed by atoms with Crippen LogP contribution in [0.25, 0.3) is 0 Å². The fourth-order valence-electron chi connectivity index (χ4n) is 5.75. The lowest BCUT2D eigenvalue weighted by atomic mass is 9.89. The Morgan fingerprint density at radius 2 is 1.56 bits per heavy atom. The maximum atomic E-state index is 11.9. The number of piperidine rings is 1. The second kappa shape index (κ2) is 13.4. The maximum absolute atomic E-state index is 11.9. The van der Waals surface area contributed by atoms with Crippen LogP contribution in [0.3, 0.4) is 0 Å². The van der Waals surface area contributed by atoms with Gasteiger partial charge in [-0.1, -0.05) is 55.5 Å². The average molecular weight is 569 g/mol. The lowest BCUT2D eigenvalue weighted by Crippen LogP contribution is -2.50. The topological polar surface area (TPSA) is 127 Å². The number of aliphatic hydroxyl groups excluding tert-OH is 1. The Hall–Kier alpha value is -2.86. The van der Waals surface area contributed by atoms with Gasteiger partial charge in [0.05, 0.1) is 38.4 Å². The van der Waals surface area contributed by atoms with Crippen LogP contribution in [0.4, 0.5) is 0 Å². The number of nitrogens with one attached hydrogen (secondary N) is 1. The summed E-state index contributed by atoms with van der Waals surface area (Å²) >= 11 is 0. The van der Waals surface area contributed by atoms with Gasteiger partial charge in [-0.15, -0.1) is 0 Å². The van der Waals surface area contributed by atoms with Crippen LogP contribution in [0.1, 0.15) is 67.3 Å². The van der Waals surface area contributed by atoms with Crippen molar-refractivity contribution in [3.63, 3.8) is 0 Å². The number of carbonyl (C=O) groups is 2. The van der Waals surface area contributed by atoms with Gasteiger partial charge in [-0.2, -0.15) is 0 Å². The molecule has 0 unspecified atom stereocenters. The molecule has 1 spiro atoms. The van der Waals surface area contributed by atoms with E-state index in [1.807, 2.05) is 48.5 Å². The zero-order valence-electron chi connectivity index (χ0n) is 23.5. The molecule has 10 heteroatoms. The number of benzene rings is 2. The van der Waals surface area contributed by atoms with Crippen molar-refractivity contribution in [1.29, 1.82) is 0 Å². The quantitative estimate of drug-likeness (QED) is 0.396. The molecule has 3 fully saturated rings. The Morgan fingerprint density at radius 3 is 2.20 bits per heavy atom. The van der Waals surface area contributed by atoms with Crippen molar-refractivity contribution in [2.45, 2.75) is 70.0 Å². The summed E-state index contributed by atoms with van der Waals surface area (Å²) in [4.78, 5) is 25.0. The molecule has 2 aromatic rings. The first kappa shape index (κ1) is 29.6. The van der Waals surface area contributed by atoms with Crippen molar-refractivity contribution in [2.24, 2.45) is 5.92 Å². The lowest BCUT2D eigenvalue weighted by Gasteiger charge is -2.44. The molecule has 0 radical (unpaired) electrons. The van der Waals surface area contributed by atoms with Crippen molar-refractivity contribution >= 4 is 11.9 Å². The number of nitrogens with zero attached hydrogens (tertiary/aromatic N) is 1. The molecular weight excluding hydrogens is 528 g/mol. The number of aliphatic carboxylic acids is 1. The molecule has 3 aliphatic rings. The SMILES string of the molecule is C[C@H]1[C@@H](CN2CCC3(CC2)OCCO3)O[C@@H](c2ccc(CNC(=O)CCC(=O)O)cc2)O[C@H]1c1ccc(CO)cc1. The van der Waals surface area contributed by atoms with Gasteiger partial charge in [0.1, 0.15) is 0 Å². The standard InChI is InChI=1S/C31H40N2O8/c1-21-26(19-33-14-12-31(13-15-33)38-16-17-39-31)40-30(41-29(21)24-6-4-23(20-34)5-7-24)25-8-2-22(3-9-25)18-32-27(35)10-11-28(36)37/h2-9,21,26,29-30,34H,10-20H2,1H3,(H,32,35)(H,36,37)/t21-,26+,29+,30+/m0/s1. The summed E-state index contributed by atoms with van der Waals surface area (Å²) in [5.41, 5.74) is 3.67. The monoisotopic (exact) mass is 568 g/mol. The minimum atomic E-state index is -0.992. The number of hydrogen-bond donors (Lipinski definition) is 3. The number of amides is 1. The average Bonchev–Trinajstić information content (AvgIpc) is 3.45. The van der Waals surface area contributed by atoms with E-state index in [0.29, 0.717) is 19.8 Å². The van der Waals surface area contributed by atoms with Gasteiger partial charge in [0.15, 0.2) is 12.1 Å². The molecule has 3 aliphatic heterocycles. The van der Waals surface area contributed by atoms with Crippen LogP contribution >= 0.6 is 0 Å². The minimum absolute atomic E-state index is 0.00798. The van der Waals surface area contributed by atoms with Gasteiger partial charge in [0.2, 0.25) is 5.91 Å². The van der Waals surface area contributed by atoms with Crippen molar-refractivity contribution in [3.8, 4) is 0 Å². The number of likely N-dealkylation sites (tertiary alicyclic amines) is 1. The predicted octanol–water partition coefficient (Wildman–Crippen LogP) is 3.29. The van der Waals surface area contributed by atoms with Gasteiger partial charge >= 0.3 is 5.97 Å². The molecule has 3 saturated heterocycles. The van der Waals surface area contributed by atoms with Gasteiger partial charge in [-0.3, -0.25) is 9.59 Å². The van der Waals surface area contributed by atoms with Gasteiger partial charge in [0, 0.05) is 56.9 Å². The van der Waals surface area contributed by atoms with Crippen molar-refractivity contribution in [3.05, 3.63) is 70.8 Å².